The molecule has 22 heavy (non-hydrogen) atoms. The molecule has 116 valence electrons. The Labute approximate surface area is 131 Å². The molecule has 0 bridgehead atoms. The van der Waals surface area contributed by atoms with Crippen LogP contribution >= 0.6 is 0 Å². The van der Waals surface area contributed by atoms with Gasteiger partial charge in [-0.2, -0.15) is 0 Å². The number of hydrogen-bond donors (Lipinski definition) is 3. The molecule has 0 aliphatic heterocycles. The molecular weight excluding hydrogens is 274 g/mol. The SMILES string of the molecule is Cc1cc(NC(C)C)ccc1CNc1ccc(C(N)=O)cc1. The zero-order chi connectivity index (χ0) is 16.1. The normalized spacial score (nSPS) is 10.5. The molecule has 4 N–H and O–H groups in total. The van der Waals surface area contributed by atoms with Gasteiger partial charge in [0.2, 0.25) is 5.91 Å². The third-order valence-corrected chi connectivity index (χ3v) is 3.45. The fraction of sp³-hybridized carbons (Fsp3) is 0.278. The standard InChI is InChI=1S/C18H23N3O/c1-12(2)21-17-9-6-15(13(3)10-17)11-20-16-7-4-14(5-8-16)18(19)22/h4-10,12,20-21H,11H2,1-3H3,(H2,19,22). The van der Waals surface area contributed by atoms with E-state index in [4.69, 9.17) is 5.73 Å². The number of nitrogens with one attached hydrogen (secondary N) is 2. The Kier molecular flexibility index (Phi) is 5.04. The van der Waals surface area contributed by atoms with Gasteiger partial charge in [-0.3, -0.25) is 4.79 Å². The van der Waals surface area contributed by atoms with Gasteiger partial charge in [0.15, 0.2) is 0 Å². The molecule has 4 nitrogen and oxygen atoms in total. The van der Waals surface area contributed by atoms with Crippen molar-refractivity contribution in [2.45, 2.75) is 33.4 Å². The smallest absolute Gasteiger partial charge is 0.248 e. The van der Waals surface area contributed by atoms with Gasteiger partial charge in [-0.15, -0.1) is 0 Å². The second kappa shape index (κ2) is 6.98. The third-order valence-electron chi connectivity index (χ3n) is 3.45. The minimum atomic E-state index is -0.407. The van der Waals surface area contributed by atoms with Gasteiger partial charge in [-0.05, 0) is 68.3 Å². The molecule has 0 aliphatic rings. The first-order valence-electron chi connectivity index (χ1n) is 7.45. The van der Waals surface area contributed by atoms with E-state index in [0.29, 0.717) is 11.6 Å². The van der Waals surface area contributed by atoms with Gasteiger partial charge in [-0.1, -0.05) is 6.07 Å². The van der Waals surface area contributed by atoms with E-state index in [1.807, 2.05) is 12.1 Å². The van der Waals surface area contributed by atoms with Crippen molar-refractivity contribution in [3.8, 4) is 0 Å². The van der Waals surface area contributed by atoms with E-state index in [-0.39, 0.29) is 0 Å². The highest BCUT2D eigenvalue weighted by Gasteiger charge is 2.03. The molecule has 0 spiro atoms. The lowest BCUT2D eigenvalue weighted by atomic mass is 10.1. The molecular formula is C18H23N3O. The summed E-state index contributed by atoms with van der Waals surface area (Å²) in [6, 6.07) is 14.0. The number of primary amides is 1. The fourth-order valence-electron chi connectivity index (χ4n) is 2.27. The number of carbonyl (C=O) groups is 1. The minimum absolute atomic E-state index is 0.407. The van der Waals surface area contributed by atoms with Crippen molar-refractivity contribution in [3.63, 3.8) is 0 Å². The summed E-state index contributed by atoms with van der Waals surface area (Å²) in [6.07, 6.45) is 0. The van der Waals surface area contributed by atoms with E-state index in [9.17, 15) is 4.79 Å². The maximum absolute atomic E-state index is 11.0. The van der Waals surface area contributed by atoms with Gasteiger partial charge in [0.1, 0.15) is 0 Å². The molecule has 0 saturated carbocycles. The number of amides is 1. The third kappa shape index (κ3) is 4.25. The Bertz CT molecular complexity index is 648. The molecule has 2 aromatic rings. The lowest BCUT2D eigenvalue weighted by Gasteiger charge is -2.14. The van der Waals surface area contributed by atoms with Gasteiger partial charge < -0.3 is 16.4 Å². The molecule has 2 aromatic carbocycles. The van der Waals surface area contributed by atoms with Crippen LogP contribution in [0.5, 0.6) is 0 Å². The molecule has 0 heterocycles. The molecule has 0 aliphatic carbocycles. The number of rotatable bonds is 6. The van der Waals surface area contributed by atoms with Crippen LogP contribution in [0.1, 0.15) is 35.3 Å². The molecule has 0 aromatic heterocycles. The summed E-state index contributed by atoms with van der Waals surface area (Å²) in [5, 5.41) is 6.75. The second-order valence-corrected chi connectivity index (χ2v) is 5.74. The number of benzene rings is 2. The summed E-state index contributed by atoms with van der Waals surface area (Å²) in [4.78, 5) is 11.0. The van der Waals surface area contributed by atoms with Gasteiger partial charge in [0.05, 0.1) is 0 Å². The summed E-state index contributed by atoms with van der Waals surface area (Å²) in [6.45, 7) is 7.10. The van der Waals surface area contributed by atoms with Crippen LogP contribution in [-0.2, 0) is 6.54 Å². The van der Waals surface area contributed by atoms with Gasteiger partial charge in [0, 0.05) is 29.5 Å². The highest BCUT2D eigenvalue weighted by Crippen LogP contribution is 2.18. The second-order valence-electron chi connectivity index (χ2n) is 5.74. The van der Waals surface area contributed by atoms with Crippen LogP contribution in [0.25, 0.3) is 0 Å². The Morgan fingerprint density at radius 2 is 1.73 bits per heavy atom. The van der Waals surface area contributed by atoms with Crippen molar-refractivity contribution >= 4 is 17.3 Å². The first kappa shape index (κ1) is 15.9. The predicted molar refractivity (Wildman–Crippen MR) is 92.2 cm³/mol. The van der Waals surface area contributed by atoms with Crippen LogP contribution in [0.3, 0.4) is 0 Å². The first-order chi connectivity index (χ1) is 10.5. The maximum atomic E-state index is 11.0. The minimum Gasteiger partial charge on any atom is -0.383 e. The van der Waals surface area contributed by atoms with E-state index >= 15 is 0 Å². The summed E-state index contributed by atoms with van der Waals surface area (Å²) < 4.78 is 0. The average molecular weight is 297 g/mol. The van der Waals surface area contributed by atoms with E-state index in [0.717, 1.165) is 17.9 Å². The topological polar surface area (TPSA) is 67.2 Å². The average Bonchev–Trinajstić information content (AvgIpc) is 2.46. The van der Waals surface area contributed by atoms with Crippen molar-refractivity contribution in [1.82, 2.24) is 0 Å². The van der Waals surface area contributed by atoms with E-state index < -0.39 is 5.91 Å². The first-order valence-corrected chi connectivity index (χ1v) is 7.45. The summed E-state index contributed by atoms with van der Waals surface area (Å²) in [5.41, 5.74) is 10.3. The molecule has 4 heteroatoms. The zero-order valence-corrected chi connectivity index (χ0v) is 13.3. The quantitative estimate of drug-likeness (QED) is 0.764. The van der Waals surface area contributed by atoms with Crippen LogP contribution in [0.2, 0.25) is 0 Å². The van der Waals surface area contributed by atoms with Gasteiger partial charge >= 0.3 is 0 Å². The molecule has 0 fully saturated rings. The monoisotopic (exact) mass is 297 g/mol. The molecule has 0 saturated heterocycles. The Morgan fingerprint density at radius 1 is 1.09 bits per heavy atom. The van der Waals surface area contributed by atoms with Crippen LogP contribution < -0.4 is 16.4 Å². The van der Waals surface area contributed by atoms with Crippen LogP contribution in [0, 0.1) is 6.92 Å². The zero-order valence-electron chi connectivity index (χ0n) is 13.3. The van der Waals surface area contributed by atoms with Crippen molar-refractivity contribution < 1.29 is 4.79 Å². The largest absolute Gasteiger partial charge is 0.383 e. The maximum Gasteiger partial charge on any atom is 0.248 e. The number of carbonyl (C=O) groups excluding carboxylic acids is 1. The Morgan fingerprint density at radius 3 is 2.27 bits per heavy atom. The molecule has 2 rings (SSSR count). The van der Waals surface area contributed by atoms with Crippen molar-refractivity contribution in [1.29, 1.82) is 0 Å². The summed E-state index contributed by atoms with van der Waals surface area (Å²) in [5.74, 6) is -0.407. The lowest BCUT2D eigenvalue weighted by molar-refractivity contribution is 0.100. The lowest BCUT2D eigenvalue weighted by Crippen LogP contribution is -2.11. The molecule has 0 radical (unpaired) electrons. The predicted octanol–water partition coefficient (Wildman–Crippen LogP) is 3.53. The number of hydrogen-bond acceptors (Lipinski definition) is 3. The van der Waals surface area contributed by atoms with Crippen molar-refractivity contribution in [2.75, 3.05) is 10.6 Å². The van der Waals surface area contributed by atoms with Crippen LogP contribution in [0.15, 0.2) is 42.5 Å². The highest BCUT2D eigenvalue weighted by molar-refractivity contribution is 5.93. The van der Waals surface area contributed by atoms with E-state index in [2.05, 4.69) is 49.6 Å². The van der Waals surface area contributed by atoms with Gasteiger partial charge in [0.25, 0.3) is 0 Å². The number of nitrogens with two attached hydrogens (primary N) is 1. The van der Waals surface area contributed by atoms with E-state index in [1.54, 1.807) is 12.1 Å². The van der Waals surface area contributed by atoms with Crippen LogP contribution in [-0.4, -0.2) is 11.9 Å². The Hall–Kier alpha value is -2.49. The summed E-state index contributed by atoms with van der Waals surface area (Å²) in [7, 11) is 0. The number of aryl methyl sites for hydroxylation is 1. The van der Waals surface area contributed by atoms with Gasteiger partial charge in [-0.25, -0.2) is 0 Å². The van der Waals surface area contributed by atoms with Crippen molar-refractivity contribution in [2.24, 2.45) is 5.73 Å². The van der Waals surface area contributed by atoms with Crippen molar-refractivity contribution in [3.05, 3.63) is 59.2 Å². The highest BCUT2D eigenvalue weighted by atomic mass is 16.1. The number of anilines is 2. The molecule has 0 atom stereocenters. The Balaban J connectivity index is 2.00. The fourth-order valence-corrected chi connectivity index (χ4v) is 2.27. The van der Waals surface area contributed by atoms with E-state index in [1.165, 1.54) is 11.1 Å². The molecule has 0 unspecified atom stereocenters. The molecule has 1 amide bonds. The van der Waals surface area contributed by atoms with Crippen LogP contribution in [0.4, 0.5) is 11.4 Å². The summed E-state index contributed by atoms with van der Waals surface area (Å²) >= 11 is 0.